The zero-order chi connectivity index (χ0) is 14.5. The number of benzene rings is 1. The second-order valence-electron chi connectivity index (χ2n) is 4.34. The molecule has 0 atom stereocenters. The van der Waals surface area contributed by atoms with Crippen LogP contribution in [0.4, 0.5) is 10.3 Å². The van der Waals surface area contributed by atoms with Gasteiger partial charge in [-0.1, -0.05) is 11.6 Å². The zero-order valence-corrected chi connectivity index (χ0v) is 12.0. The summed E-state index contributed by atoms with van der Waals surface area (Å²) < 4.78 is 25.5. The van der Waals surface area contributed by atoms with E-state index >= 15 is 0 Å². The molecule has 7 heteroatoms. The van der Waals surface area contributed by atoms with Gasteiger partial charge < -0.3 is 19.8 Å². The molecule has 2 aromatic rings. The summed E-state index contributed by atoms with van der Waals surface area (Å²) >= 11 is 5.73. The first-order chi connectivity index (χ1) is 9.63. The Hall–Kier alpha value is -1.37. The highest BCUT2D eigenvalue weighted by atomic mass is 35.5. The summed E-state index contributed by atoms with van der Waals surface area (Å²) in [7, 11) is 1.63. The number of halogens is 2. The number of hydrogen-bond acceptors (Lipinski definition) is 4. The van der Waals surface area contributed by atoms with Gasteiger partial charge in [0, 0.05) is 26.3 Å². The number of anilines is 1. The molecule has 1 aromatic carbocycles. The highest BCUT2D eigenvalue weighted by molar-refractivity contribution is 6.31. The van der Waals surface area contributed by atoms with E-state index in [-0.39, 0.29) is 5.02 Å². The number of rotatable bonds is 7. The first-order valence-electron chi connectivity index (χ1n) is 6.31. The molecule has 0 spiro atoms. The van der Waals surface area contributed by atoms with Crippen molar-refractivity contribution in [2.24, 2.45) is 0 Å². The van der Waals surface area contributed by atoms with E-state index in [0.29, 0.717) is 43.3 Å². The van der Waals surface area contributed by atoms with E-state index in [1.165, 1.54) is 12.1 Å². The van der Waals surface area contributed by atoms with E-state index in [1.54, 1.807) is 11.7 Å². The number of aromatic nitrogens is 2. The van der Waals surface area contributed by atoms with Gasteiger partial charge in [0.05, 0.1) is 29.3 Å². The van der Waals surface area contributed by atoms with Crippen LogP contribution in [0.1, 0.15) is 6.42 Å². The van der Waals surface area contributed by atoms with Crippen molar-refractivity contribution in [3.63, 3.8) is 0 Å². The molecule has 0 aliphatic carbocycles. The van der Waals surface area contributed by atoms with Gasteiger partial charge in [-0.25, -0.2) is 9.37 Å². The van der Waals surface area contributed by atoms with Crippen LogP contribution in [0, 0.1) is 5.82 Å². The topological polar surface area (TPSA) is 62.3 Å². The van der Waals surface area contributed by atoms with Crippen LogP contribution >= 0.6 is 11.6 Å². The normalized spacial score (nSPS) is 11.3. The van der Waals surface area contributed by atoms with E-state index in [2.05, 4.69) is 4.98 Å². The average Bonchev–Trinajstić information content (AvgIpc) is 2.70. The van der Waals surface area contributed by atoms with E-state index < -0.39 is 5.82 Å². The molecule has 1 heterocycles. The van der Waals surface area contributed by atoms with Crippen molar-refractivity contribution in [2.75, 3.05) is 32.7 Å². The Labute approximate surface area is 121 Å². The highest BCUT2D eigenvalue weighted by Gasteiger charge is 2.11. The van der Waals surface area contributed by atoms with Gasteiger partial charge in [0.25, 0.3) is 0 Å². The number of nitrogens with zero attached hydrogens (tertiary/aromatic N) is 2. The van der Waals surface area contributed by atoms with Crippen molar-refractivity contribution in [2.45, 2.75) is 13.0 Å². The Bertz CT molecular complexity index is 588. The highest BCUT2D eigenvalue weighted by Crippen LogP contribution is 2.24. The largest absolute Gasteiger partial charge is 0.382 e. The predicted molar refractivity (Wildman–Crippen MR) is 76.4 cm³/mol. The number of methoxy groups -OCH3 is 1. The average molecular weight is 302 g/mol. The summed E-state index contributed by atoms with van der Waals surface area (Å²) in [5, 5.41) is 0.0463. The van der Waals surface area contributed by atoms with Crippen LogP contribution in [-0.2, 0) is 16.0 Å². The third-order valence-electron chi connectivity index (χ3n) is 2.92. The quantitative estimate of drug-likeness (QED) is 0.798. The molecule has 0 radical (unpaired) electrons. The molecular formula is C13H17ClFN3O2. The maximum atomic E-state index is 13.5. The van der Waals surface area contributed by atoms with Gasteiger partial charge in [-0.3, -0.25) is 0 Å². The minimum absolute atomic E-state index is 0.0463. The predicted octanol–water partition coefficient (Wildman–Crippen LogP) is 2.46. The molecule has 0 saturated heterocycles. The van der Waals surface area contributed by atoms with Crippen molar-refractivity contribution in [3.8, 4) is 0 Å². The molecule has 0 unspecified atom stereocenters. The lowest BCUT2D eigenvalue weighted by Crippen LogP contribution is -2.08. The third kappa shape index (κ3) is 3.39. The Morgan fingerprint density at radius 3 is 2.90 bits per heavy atom. The molecule has 2 rings (SSSR count). The maximum Gasteiger partial charge on any atom is 0.201 e. The van der Waals surface area contributed by atoms with Crippen molar-refractivity contribution in [1.29, 1.82) is 0 Å². The van der Waals surface area contributed by atoms with Crippen LogP contribution in [0.3, 0.4) is 0 Å². The number of nitrogens with two attached hydrogens (primary N) is 1. The summed E-state index contributed by atoms with van der Waals surface area (Å²) in [6, 6.07) is 2.83. The van der Waals surface area contributed by atoms with Gasteiger partial charge in [-0.2, -0.15) is 0 Å². The van der Waals surface area contributed by atoms with Crippen LogP contribution in [0.2, 0.25) is 5.02 Å². The third-order valence-corrected chi connectivity index (χ3v) is 3.21. The second kappa shape index (κ2) is 6.88. The minimum atomic E-state index is -0.475. The van der Waals surface area contributed by atoms with Gasteiger partial charge >= 0.3 is 0 Å². The van der Waals surface area contributed by atoms with Crippen molar-refractivity contribution in [1.82, 2.24) is 9.55 Å². The fraction of sp³-hybridized carbons (Fsp3) is 0.462. The molecular weight excluding hydrogens is 285 g/mol. The summed E-state index contributed by atoms with van der Waals surface area (Å²) in [6.07, 6.45) is 0.754. The van der Waals surface area contributed by atoms with Gasteiger partial charge in [0.15, 0.2) is 0 Å². The molecule has 5 nitrogen and oxygen atoms in total. The van der Waals surface area contributed by atoms with Crippen molar-refractivity contribution >= 4 is 28.6 Å². The van der Waals surface area contributed by atoms with Crippen LogP contribution < -0.4 is 5.73 Å². The smallest absolute Gasteiger partial charge is 0.201 e. The van der Waals surface area contributed by atoms with Crippen LogP contribution in [-0.4, -0.2) is 36.5 Å². The van der Waals surface area contributed by atoms with Crippen LogP contribution in [0.15, 0.2) is 12.1 Å². The van der Waals surface area contributed by atoms with Gasteiger partial charge in [-0.15, -0.1) is 0 Å². The molecule has 0 amide bonds. The van der Waals surface area contributed by atoms with Crippen LogP contribution in [0.25, 0.3) is 11.0 Å². The lowest BCUT2D eigenvalue weighted by molar-refractivity contribution is 0.0682. The lowest BCUT2D eigenvalue weighted by atomic mass is 10.3. The molecule has 110 valence electrons. The Morgan fingerprint density at radius 2 is 2.15 bits per heavy atom. The molecule has 0 fully saturated rings. The van der Waals surface area contributed by atoms with Gasteiger partial charge in [0.1, 0.15) is 5.82 Å². The second-order valence-corrected chi connectivity index (χ2v) is 4.74. The van der Waals surface area contributed by atoms with E-state index in [0.717, 1.165) is 6.42 Å². The standard InChI is InChI=1S/C13H17ClFN3O2/c1-19-5-6-20-4-2-3-18-12-8-10(15)9(14)7-11(12)17-13(18)16/h7-8H,2-6H2,1H3,(H2,16,17). The number of hydrogen-bond donors (Lipinski definition) is 1. The number of ether oxygens (including phenoxy) is 2. The number of nitrogen functional groups attached to an aromatic ring is 1. The Kier molecular flexibility index (Phi) is 5.17. The van der Waals surface area contributed by atoms with Crippen molar-refractivity contribution in [3.05, 3.63) is 23.0 Å². The van der Waals surface area contributed by atoms with Crippen LogP contribution in [0.5, 0.6) is 0 Å². The number of fused-ring (bicyclic) bond motifs is 1. The summed E-state index contributed by atoms with van der Waals surface area (Å²) in [6.45, 7) is 2.32. The van der Waals surface area contributed by atoms with E-state index in [1.807, 2.05) is 0 Å². The summed E-state index contributed by atoms with van der Waals surface area (Å²) in [4.78, 5) is 4.17. The molecule has 0 saturated carbocycles. The number of aryl methyl sites for hydroxylation is 1. The first-order valence-corrected chi connectivity index (χ1v) is 6.68. The lowest BCUT2D eigenvalue weighted by Gasteiger charge is -2.07. The minimum Gasteiger partial charge on any atom is -0.382 e. The van der Waals surface area contributed by atoms with E-state index in [9.17, 15) is 4.39 Å². The van der Waals surface area contributed by atoms with Crippen molar-refractivity contribution < 1.29 is 13.9 Å². The Morgan fingerprint density at radius 1 is 1.35 bits per heavy atom. The molecule has 1 aromatic heterocycles. The maximum absolute atomic E-state index is 13.5. The fourth-order valence-corrected chi connectivity index (χ4v) is 2.10. The summed E-state index contributed by atoms with van der Waals surface area (Å²) in [5.74, 6) is -0.129. The summed E-state index contributed by atoms with van der Waals surface area (Å²) in [5.41, 5.74) is 7.07. The first kappa shape index (κ1) is 15.0. The molecule has 0 bridgehead atoms. The van der Waals surface area contributed by atoms with Gasteiger partial charge in [0.2, 0.25) is 5.95 Å². The molecule has 2 N–H and O–H groups in total. The Balaban J connectivity index is 2.02. The monoisotopic (exact) mass is 301 g/mol. The van der Waals surface area contributed by atoms with E-state index in [4.69, 9.17) is 26.8 Å². The number of imidazole rings is 1. The zero-order valence-electron chi connectivity index (χ0n) is 11.2. The fourth-order valence-electron chi connectivity index (χ4n) is 1.94. The molecule has 20 heavy (non-hydrogen) atoms. The molecule has 0 aliphatic heterocycles. The SMILES string of the molecule is COCCOCCCn1c(N)nc2cc(Cl)c(F)cc21. The van der Waals surface area contributed by atoms with Gasteiger partial charge in [-0.05, 0) is 12.5 Å². The molecule has 0 aliphatic rings.